The molecule has 0 aromatic heterocycles. The van der Waals surface area contributed by atoms with E-state index in [-0.39, 0.29) is 16.6 Å². The normalized spacial score (nSPS) is 10.0. The number of hydrogen-bond acceptors (Lipinski definition) is 6. The first-order valence-electron chi connectivity index (χ1n) is 9.24. The second kappa shape index (κ2) is 11.0. The van der Waals surface area contributed by atoms with Crippen LogP contribution in [0.3, 0.4) is 0 Å². The molecule has 0 saturated heterocycles. The molecule has 0 aliphatic carbocycles. The Bertz CT molecular complexity index is 908. The molecule has 8 nitrogen and oxygen atoms in total. The predicted octanol–water partition coefficient (Wildman–Crippen LogP) is 3.58. The Kier molecular flexibility index (Phi) is 8.42. The second-order valence-electron chi connectivity index (χ2n) is 6.20. The van der Waals surface area contributed by atoms with Crippen LogP contribution >= 0.6 is 12.2 Å². The highest BCUT2D eigenvalue weighted by molar-refractivity contribution is 7.80. The minimum absolute atomic E-state index is 0.0621. The van der Waals surface area contributed by atoms with Crippen LogP contribution in [0.15, 0.2) is 36.4 Å². The molecule has 0 spiro atoms. The zero-order valence-electron chi connectivity index (χ0n) is 17.3. The molecule has 2 aromatic rings. The van der Waals surface area contributed by atoms with Crippen LogP contribution in [0, 0.1) is 0 Å². The molecule has 0 fully saturated rings. The summed E-state index contributed by atoms with van der Waals surface area (Å²) >= 11 is 5.24. The summed E-state index contributed by atoms with van der Waals surface area (Å²) in [5.74, 6) is 0.596. The van der Waals surface area contributed by atoms with Crippen molar-refractivity contribution < 1.29 is 23.8 Å². The van der Waals surface area contributed by atoms with Gasteiger partial charge in [-0.3, -0.25) is 14.9 Å². The highest BCUT2D eigenvalue weighted by Crippen LogP contribution is 2.38. The number of nitrogens with one attached hydrogen (secondary N) is 3. The number of anilines is 2. The maximum atomic E-state index is 12.6. The van der Waals surface area contributed by atoms with Crippen LogP contribution in [0.1, 0.15) is 30.1 Å². The van der Waals surface area contributed by atoms with Crippen LogP contribution in [0.5, 0.6) is 17.2 Å². The van der Waals surface area contributed by atoms with Crippen molar-refractivity contribution in [2.24, 2.45) is 0 Å². The number of amides is 2. The van der Waals surface area contributed by atoms with E-state index in [9.17, 15) is 9.59 Å². The van der Waals surface area contributed by atoms with Gasteiger partial charge < -0.3 is 24.8 Å². The first-order chi connectivity index (χ1) is 14.4. The molecular formula is C21H25N3O5S. The summed E-state index contributed by atoms with van der Waals surface area (Å²) in [4.78, 5) is 24.4. The van der Waals surface area contributed by atoms with Gasteiger partial charge in [0.05, 0.1) is 21.3 Å². The van der Waals surface area contributed by atoms with Crippen LogP contribution in [0.25, 0.3) is 0 Å². The van der Waals surface area contributed by atoms with E-state index in [1.54, 1.807) is 24.3 Å². The summed E-state index contributed by atoms with van der Waals surface area (Å²) in [6.45, 7) is 1.94. The molecule has 0 radical (unpaired) electrons. The molecule has 30 heavy (non-hydrogen) atoms. The van der Waals surface area contributed by atoms with Crippen molar-refractivity contribution in [3.63, 3.8) is 0 Å². The zero-order valence-corrected chi connectivity index (χ0v) is 18.1. The van der Waals surface area contributed by atoms with E-state index in [0.29, 0.717) is 35.0 Å². The molecule has 0 saturated carbocycles. The quantitative estimate of drug-likeness (QED) is 0.550. The lowest BCUT2D eigenvalue weighted by molar-refractivity contribution is -0.116. The van der Waals surface area contributed by atoms with Gasteiger partial charge in [0.15, 0.2) is 16.6 Å². The number of ether oxygens (including phenoxy) is 3. The predicted molar refractivity (Wildman–Crippen MR) is 120 cm³/mol. The largest absolute Gasteiger partial charge is 0.493 e. The van der Waals surface area contributed by atoms with Crippen LogP contribution in [-0.2, 0) is 4.79 Å². The van der Waals surface area contributed by atoms with Gasteiger partial charge in [-0.05, 0) is 49.0 Å². The van der Waals surface area contributed by atoms with E-state index in [1.807, 2.05) is 6.92 Å². The van der Waals surface area contributed by atoms with Gasteiger partial charge >= 0.3 is 0 Å². The first-order valence-corrected chi connectivity index (χ1v) is 9.64. The monoisotopic (exact) mass is 431 g/mol. The van der Waals surface area contributed by atoms with Gasteiger partial charge in [-0.2, -0.15) is 0 Å². The molecule has 2 rings (SSSR count). The number of thiocarbonyl (C=S) groups is 1. The van der Waals surface area contributed by atoms with Gasteiger partial charge in [-0.15, -0.1) is 0 Å². The van der Waals surface area contributed by atoms with Gasteiger partial charge in [-0.1, -0.05) is 13.0 Å². The lowest BCUT2D eigenvalue weighted by Crippen LogP contribution is -2.34. The first kappa shape index (κ1) is 23.0. The molecule has 0 heterocycles. The lowest BCUT2D eigenvalue weighted by atomic mass is 10.1. The van der Waals surface area contributed by atoms with E-state index in [1.165, 1.54) is 33.5 Å². The molecule has 0 bridgehead atoms. The maximum Gasteiger partial charge on any atom is 0.257 e. The van der Waals surface area contributed by atoms with Crippen LogP contribution < -0.4 is 30.2 Å². The Morgan fingerprint density at radius 1 is 0.933 bits per heavy atom. The second-order valence-corrected chi connectivity index (χ2v) is 6.61. The molecular weight excluding hydrogens is 406 g/mol. The summed E-state index contributed by atoms with van der Waals surface area (Å²) in [5, 5.41) is 8.45. The van der Waals surface area contributed by atoms with Crippen molar-refractivity contribution in [2.75, 3.05) is 32.0 Å². The summed E-state index contributed by atoms with van der Waals surface area (Å²) in [6.07, 6.45) is 1.21. The Balaban J connectivity index is 2.08. The van der Waals surface area contributed by atoms with Crippen molar-refractivity contribution in [1.29, 1.82) is 0 Å². The van der Waals surface area contributed by atoms with E-state index < -0.39 is 5.91 Å². The van der Waals surface area contributed by atoms with Gasteiger partial charge in [0, 0.05) is 23.4 Å². The zero-order chi connectivity index (χ0) is 22.1. The van der Waals surface area contributed by atoms with Gasteiger partial charge in [0.25, 0.3) is 5.91 Å². The highest BCUT2D eigenvalue weighted by Gasteiger charge is 2.17. The molecule has 160 valence electrons. The fourth-order valence-corrected chi connectivity index (χ4v) is 2.89. The smallest absolute Gasteiger partial charge is 0.257 e. The van der Waals surface area contributed by atoms with Crippen molar-refractivity contribution >= 4 is 40.5 Å². The number of carbonyl (C=O) groups excluding carboxylic acids is 2. The molecule has 0 aliphatic rings. The SMILES string of the molecule is CCCC(=O)Nc1cccc(NC(=S)NC(=O)c2cc(OC)c(OC)c(OC)c2)c1. The third kappa shape index (κ3) is 6.08. The van der Waals surface area contributed by atoms with E-state index in [2.05, 4.69) is 16.0 Å². The third-order valence-electron chi connectivity index (χ3n) is 4.04. The molecule has 0 atom stereocenters. The topological polar surface area (TPSA) is 97.9 Å². The van der Waals surface area contributed by atoms with E-state index in [0.717, 1.165) is 6.42 Å². The summed E-state index contributed by atoms with van der Waals surface area (Å²) in [7, 11) is 4.42. The Labute approximate surface area is 180 Å². The molecule has 2 aromatic carbocycles. The fraction of sp³-hybridized carbons (Fsp3) is 0.286. The Hall–Kier alpha value is -3.33. The Morgan fingerprint density at radius 3 is 2.07 bits per heavy atom. The number of hydrogen-bond donors (Lipinski definition) is 3. The van der Waals surface area contributed by atoms with Crippen LogP contribution in [-0.4, -0.2) is 38.3 Å². The minimum atomic E-state index is -0.445. The molecule has 9 heteroatoms. The minimum Gasteiger partial charge on any atom is -0.493 e. The average Bonchev–Trinajstić information content (AvgIpc) is 2.72. The fourth-order valence-electron chi connectivity index (χ4n) is 2.68. The molecule has 0 unspecified atom stereocenters. The standard InChI is InChI=1S/C21H25N3O5S/c1-5-7-18(25)22-14-8-6-9-15(12-14)23-21(30)24-20(26)13-10-16(27-2)19(29-4)17(11-13)28-3/h6,8-12H,5,7H2,1-4H3,(H,22,25)(H2,23,24,26,30). The van der Waals surface area contributed by atoms with Crippen molar-refractivity contribution in [3.05, 3.63) is 42.0 Å². The van der Waals surface area contributed by atoms with E-state index >= 15 is 0 Å². The number of rotatable bonds is 8. The van der Waals surface area contributed by atoms with Crippen molar-refractivity contribution in [1.82, 2.24) is 5.32 Å². The molecule has 2 amide bonds. The Morgan fingerprint density at radius 2 is 1.53 bits per heavy atom. The number of methoxy groups -OCH3 is 3. The average molecular weight is 432 g/mol. The lowest BCUT2D eigenvalue weighted by Gasteiger charge is -2.15. The van der Waals surface area contributed by atoms with Gasteiger partial charge in [-0.25, -0.2) is 0 Å². The van der Waals surface area contributed by atoms with Crippen LogP contribution in [0.2, 0.25) is 0 Å². The van der Waals surface area contributed by atoms with Gasteiger partial charge in [0.2, 0.25) is 11.7 Å². The maximum absolute atomic E-state index is 12.6. The molecule has 3 N–H and O–H groups in total. The van der Waals surface area contributed by atoms with Crippen LogP contribution in [0.4, 0.5) is 11.4 Å². The summed E-state index contributed by atoms with van der Waals surface area (Å²) < 4.78 is 15.8. The third-order valence-corrected chi connectivity index (χ3v) is 4.24. The van der Waals surface area contributed by atoms with Crippen molar-refractivity contribution in [2.45, 2.75) is 19.8 Å². The highest BCUT2D eigenvalue weighted by atomic mass is 32.1. The summed E-state index contributed by atoms with van der Waals surface area (Å²) in [5.41, 5.74) is 1.55. The van der Waals surface area contributed by atoms with E-state index in [4.69, 9.17) is 26.4 Å². The molecule has 0 aliphatic heterocycles. The van der Waals surface area contributed by atoms with Gasteiger partial charge in [0.1, 0.15) is 0 Å². The number of benzene rings is 2. The summed E-state index contributed by atoms with van der Waals surface area (Å²) in [6, 6.07) is 10.1. The number of carbonyl (C=O) groups is 2. The van der Waals surface area contributed by atoms with Crippen molar-refractivity contribution in [3.8, 4) is 17.2 Å².